The maximum Gasteiger partial charge on any atom is 0.516 e. The number of alkyl halides is 3. The molecule has 0 radical (unpaired) electrons. The van der Waals surface area contributed by atoms with E-state index in [1.807, 2.05) is 13.8 Å². The van der Waals surface area contributed by atoms with E-state index in [2.05, 4.69) is 0 Å². The van der Waals surface area contributed by atoms with Gasteiger partial charge in [0.25, 0.3) is 0 Å². The van der Waals surface area contributed by atoms with Gasteiger partial charge in [0.1, 0.15) is 0 Å². The van der Waals surface area contributed by atoms with Gasteiger partial charge in [-0.3, -0.25) is 4.31 Å². The Morgan fingerprint density at radius 1 is 1.15 bits per heavy atom. The predicted molar refractivity (Wildman–Crippen MR) is 73.0 cm³/mol. The number of halogens is 3. The SMILES string of the molecule is Cc1ccc(N(CCC(C)C)S(=O)(=O)C(F)(F)F)cc1. The van der Waals surface area contributed by atoms with Crippen LogP contribution in [0.5, 0.6) is 0 Å². The van der Waals surface area contributed by atoms with Crippen LogP contribution >= 0.6 is 0 Å². The molecule has 0 aliphatic rings. The molecule has 7 heteroatoms. The molecule has 0 amide bonds. The third-order valence-corrected chi connectivity index (χ3v) is 4.37. The van der Waals surface area contributed by atoms with Crippen LogP contribution in [0.25, 0.3) is 0 Å². The molecule has 1 aromatic rings. The summed E-state index contributed by atoms with van der Waals surface area (Å²) in [6, 6.07) is 5.95. The van der Waals surface area contributed by atoms with Gasteiger partial charge in [-0.15, -0.1) is 0 Å². The number of hydrogen-bond acceptors (Lipinski definition) is 2. The highest BCUT2D eigenvalue weighted by atomic mass is 32.2. The van der Waals surface area contributed by atoms with Gasteiger partial charge in [-0.05, 0) is 31.4 Å². The van der Waals surface area contributed by atoms with Crippen molar-refractivity contribution in [2.75, 3.05) is 10.8 Å². The van der Waals surface area contributed by atoms with Crippen molar-refractivity contribution in [2.24, 2.45) is 5.92 Å². The molecule has 0 bridgehead atoms. The number of aryl methyl sites for hydroxylation is 1. The van der Waals surface area contributed by atoms with E-state index >= 15 is 0 Å². The van der Waals surface area contributed by atoms with Crippen molar-refractivity contribution in [3.05, 3.63) is 29.8 Å². The minimum Gasteiger partial charge on any atom is -0.263 e. The van der Waals surface area contributed by atoms with Crippen LogP contribution in [0, 0.1) is 12.8 Å². The van der Waals surface area contributed by atoms with Gasteiger partial charge < -0.3 is 0 Å². The summed E-state index contributed by atoms with van der Waals surface area (Å²) < 4.78 is 62.0. The maximum atomic E-state index is 12.7. The van der Waals surface area contributed by atoms with Gasteiger partial charge in [0.05, 0.1) is 5.69 Å². The van der Waals surface area contributed by atoms with Gasteiger partial charge >= 0.3 is 15.5 Å². The highest BCUT2D eigenvalue weighted by molar-refractivity contribution is 7.93. The lowest BCUT2D eigenvalue weighted by molar-refractivity contribution is -0.0438. The van der Waals surface area contributed by atoms with E-state index in [1.165, 1.54) is 12.1 Å². The lowest BCUT2D eigenvalue weighted by Gasteiger charge is -2.26. The molecule has 0 heterocycles. The van der Waals surface area contributed by atoms with Gasteiger partial charge in [-0.1, -0.05) is 31.5 Å². The highest BCUT2D eigenvalue weighted by Crippen LogP contribution is 2.31. The summed E-state index contributed by atoms with van der Waals surface area (Å²) in [5.74, 6) is 0.103. The van der Waals surface area contributed by atoms with Gasteiger partial charge in [-0.2, -0.15) is 21.6 Å². The number of rotatable bonds is 5. The first-order valence-electron chi connectivity index (χ1n) is 6.21. The fourth-order valence-corrected chi connectivity index (χ4v) is 2.59. The van der Waals surface area contributed by atoms with E-state index in [-0.39, 0.29) is 18.2 Å². The first-order chi connectivity index (χ1) is 9.05. The van der Waals surface area contributed by atoms with E-state index < -0.39 is 15.5 Å². The zero-order chi connectivity index (χ0) is 15.6. The molecule has 0 fully saturated rings. The van der Waals surface area contributed by atoms with Gasteiger partial charge in [0.15, 0.2) is 0 Å². The smallest absolute Gasteiger partial charge is 0.263 e. The van der Waals surface area contributed by atoms with Gasteiger partial charge in [0.2, 0.25) is 0 Å². The molecule has 0 aromatic heterocycles. The summed E-state index contributed by atoms with van der Waals surface area (Å²) in [5.41, 5.74) is -4.41. The van der Waals surface area contributed by atoms with Crippen LogP contribution in [0.15, 0.2) is 24.3 Å². The Morgan fingerprint density at radius 2 is 1.65 bits per heavy atom. The zero-order valence-electron chi connectivity index (χ0n) is 11.6. The summed E-state index contributed by atoms with van der Waals surface area (Å²) in [5, 5.41) is 0. The Labute approximate surface area is 117 Å². The first kappa shape index (κ1) is 16.8. The van der Waals surface area contributed by atoms with Crippen molar-refractivity contribution in [1.29, 1.82) is 0 Å². The van der Waals surface area contributed by atoms with Crippen LogP contribution in [0.3, 0.4) is 0 Å². The lowest BCUT2D eigenvalue weighted by Crippen LogP contribution is -2.41. The quantitative estimate of drug-likeness (QED) is 0.831. The molecule has 0 saturated heterocycles. The standard InChI is InChI=1S/C13H18F3NO2S/c1-10(2)8-9-17(20(18,19)13(14,15)16)12-6-4-11(3)5-7-12/h4-7,10H,8-9H2,1-3H3. The third-order valence-electron chi connectivity index (χ3n) is 2.81. The van der Waals surface area contributed by atoms with Crippen molar-refractivity contribution in [1.82, 2.24) is 0 Å². The molecule has 0 unspecified atom stereocenters. The normalized spacial score (nSPS) is 12.8. The van der Waals surface area contributed by atoms with Crippen LogP contribution in [-0.2, 0) is 10.0 Å². The monoisotopic (exact) mass is 309 g/mol. The van der Waals surface area contributed by atoms with E-state index in [4.69, 9.17) is 0 Å². The topological polar surface area (TPSA) is 37.4 Å². The second kappa shape index (κ2) is 6.03. The maximum absolute atomic E-state index is 12.7. The minimum absolute atomic E-state index is 0.0357. The number of nitrogens with zero attached hydrogens (tertiary/aromatic N) is 1. The second-order valence-corrected chi connectivity index (χ2v) is 6.89. The van der Waals surface area contributed by atoms with Gasteiger partial charge in [-0.25, -0.2) is 0 Å². The average molecular weight is 309 g/mol. The molecule has 0 aliphatic carbocycles. The summed E-state index contributed by atoms with van der Waals surface area (Å²) in [4.78, 5) is 0. The third kappa shape index (κ3) is 3.88. The van der Waals surface area contributed by atoms with Crippen molar-refractivity contribution in [3.8, 4) is 0 Å². The Balaban J connectivity index is 3.18. The molecule has 0 spiro atoms. The van der Waals surface area contributed by atoms with Crippen molar-refractivity contribution >= 4 is 15.7 Å². The van der Waals surface area contributed by atoms with Crippen molar-refractivity contribution in [2.45, 2.75) is 32.7 Å². The molecular formula is C13H18F3NO2S. The summed E-state index contributed by atoms with van der Waals surface area (Å²) in [7, 11) is -5.37. The summed E-state index contributed by atoms with van der Waals surface area (Å²) in [6.07, 6.45) is 0.350. The molecule has 0 aliphatic heterocycles. The fraction of sp³-hybridized carbons (Fsp3) is 0.538. The Kier molecular flexibility index (Phi) is 5.07. The van der Waals surface area contributed by atoms with Crippen LogP contribution in [-0.4, -0.2) is 20.5 Å². The fourth-order valence-electron chi connectivity index (χ4n) is 1.60. The van der Waals surface area contributed by atoms with E-state index in [0.717, 1.165) is 5.56 Å². The lowest BCUT2D eigenvalue weighted by atomic mass is 10.1. The van der Waals surface area contributed by atoms with Crippen LogP contribution in [0.2, 0.25) is 0 Å². The summed E-state index contributed by atoms with van der Waals surface area (Å²) >= 11 is 0. The van der Waals surface area contributed by atoms with Crippen LogP contribution in [0.1, 0.15) is 25.8 Å². The van der Waals surface area contributed by atoms with Gasteiger partial charge in [0, 0.05) is 6.54 Å². The zero-order valence-corrected chi connectivity index (χ0v) is 12.4. The van der Waals surface area contributed by atoms with E-state index in [0.29, 0.717) is 10.7 Å². The second-order valence-electron chi connectivity index (χ2n) is 5.04. The molecule has 114 valence electrons. The molecule has 20 heavy (non-hydrogen) atoms. The van der Waals surface area contributed by atoms with E-state index in [1.54, 1.807) is 19.1 Å². The molecular weight excluding hydrogens is 291 g/mol. The summed E-state index contributed by atoms with van der Waals surface area (Å²) in [6.45, 7) is 5.24. The molecule has 0 saturated carbocycles. The molecule has 1 rings (SSSR count). The molecule has 0 atom stereocenters. The number of benzene rings is 1. The Hall–Kier alpha value is -1.24. The number of sulfonamides is 1. The van der Waals surface area contributed by atoms with Crippen molar-refractivity contribution in [3.63, 3.8) is 0 Å². The molecule has 0 N–H and O–H groups in total. The number of hydrogen-bond donors (Lipinski definition) is 0. The van der Waals surface area contributed by atoms with E-state index in [9.17, 15) is 21.6 Å². The first-order valence-corrected chi connectivity index (χ1v) is 7.65. The Bertz CT molecular complexity index is 536. The Morgan fingerprint density at radius 3 is 2.05 bits per heavy atom. The largest absolute Gasteiger partial charge is 0.516 e. The highest BCUT2D eigenvalue weighted by Gasteiger charge is 2.50. The van der Waals surface area contributed by atoms with Crippen LogP contribution in [0.4, 0.5) is 18.9 Å². The average Bonchev–Trinajstić information content (AvgIpc) is 2.29. The minimum atomic E-state index is -5.37. The molecule has 3 nitrogen and oxygen atoms in total. The van der Waals surface area contributed by atoms with Crippen molar-refractivity contribution < 1.29 is 21.6 Å². The molecule has 1 aromatic carbocycles. The van der Waals surface area contributed by atoms with Crippen LogP contribution < -0.4 is 4.31 Å². The predicted octanol–water partition coefficient (Wildman–Crippen LogP) is 3.70. The number of anilines is 1.